The summed E-state index contributed by atoms with van der Waals surface area (Å²) in [6, 6.07) is 24.4. The summed E-state index contributed by atoms with van der Waals surface area (Å²) >= 11 is 0. The van der Waals surface area contributed by atoms with Gasteiger partial charge in [0.15, 0.2) is 12.3 Å². The van der Waals surface area contributed by atoms with Crippen LogP contribution >= 0.6 is 0 Å². The van der Waals surface area contributed by atoms with Crippen molar-refractivity contribution in [3.63, 3.8) is 0 Å². The summed E-state index contributed by atoms with van der Waals surface area (Å²) in [5, 5.41) is 2.46. The highest BCUT2D eigenvalue weighted by Gasteiger charge is 2.55. The summed E-state index contributed by atoms with van der Waals surface area (Å²) in [6.07, 6.45) is -2.48. The summed E-state index contributed by atoms with van der Waals surface area (Å²) in [6.45, 7) is 2.23. The molecule has 1 N–H and O–H groups in total. The number of carbonyl (C=O) groups is 4. The molecule has 14 nitrogen and oxygen atoms in total. The standard InChI is InChI=1S/C38H38N4O10/c1-23(43)39-31-20-21-41(37(47)40-31)36-34(42-32(45)18-19-33(42)46)35(51-24(2)44)30(52-36)22-50-38(25-8-6-5-7-9-25,26-10-14-28(48-3)15-11-26)27-12-16-29(49-4)17-13-27/h5-17,20-21,30,34-36H,18-19,22H2,1-4H3,(H,39,40,43,47)/t30-,34-,35-,36-/m1/s1. The summed E-state index contributed by atoms with van der Waals surface area (Å²) in [5.41, 5.74) is 0.0603. The number of nitrogens with one attached hydrogen (secondary N) is 1. The second kappa shape index (κ2) is 15.2. The molecule has 2 aliphatic rings. The van der Waals surface area contributed by atoms with Crippen LogP contribution in [0.1, 0.15) is 49.6 Å². The zero-order valence-corrected chi connectivity index (χ0v) is 29.0. The smallest absolute Gasteiger partial charge is 0.351 e. The second-order valence-corrected chi connectivity index (χ2v) is 12.3. The Kier molecular flexibility index (Phi) is 10.5. The Hall–Kier alpha value is -5.86. The van der Waals surface area contributed by atoms with Crippen LogP contribution < -0.4 is 20.5 Å². The maximum absolute atomic E-state index is 13.4. The monoisotopic (exact) mass is 710 g/mol. The van der Waals surface area contributed by atoms with E-state index in [1.165, 1.54) is 26.1 Å². The summed E-state index contributed by atoms with van der Waals surface area (Å²) in [7, 11) is 3.14. The number of nitrogens with zero attached hydrogens (tertiary/aromatic N) is 3. The largest absolute Gasteiger partial charge is 0.497 e. The van der Waals surface area contributed by atoms with Crippen molar-refractivity contribution in [2.75, 3.05) is 26.1 Å². The molecule has 0 saturated carbocycles. The Morgan fingerprint density at radius 2 is 1.38 bits per heavy atom. The second-order valence-electron chi connectivity index (χ2n) is 12.3. The van der Waals surface area contributed by atoms with E-state index in [9.17, 15) is 24.0 Å². The highest BCUT2D eigenvalue weighted by molar-refractivity contribution is 6.02. The van der Waals surface area contributed by atoms with E-state index >= 15 is 0 Å². The molecule has 2 saturated heterocycles. The van der Waals surface area contributed by atoms with Crippen LogP contribution in [0.3, 0.4) is 0 Å². The Morgan fingerprint density at radius 3 is 1.88 bits per heavy atom. The van der Waals surface area contributed by atoms with Gasteiger partial charge in [-0.15, -0.1) is 0 Å². The molecular formula is C38H38N4O10. The SMILES string of the molecule is COc1ccc(C(OC[C@H]2O[C@@H](n3ccc(NC(C)=O)nc3=O)[C@H](N3C(=O)CCC3=O)[C@@H]2OC(C)=O)(c2ccccc2)c2ccc(OC)cc2)cc1. The lowest BCUT2D eigenvalue weighted by Crippen LogP contribution is -2.52. The Morgan fingerprint density at radius 1 is 0.827 bits per heavy atom. The predicted molar refractivity (Wildman–Crippen MR) is 185 cm³/mol. The van der Waals surface area contributed by atoms with E-state index in [0.29, 0.717) is 11.5 Å². The van der Waals surface area contributed by atoms with Crippen LogP contribution in [0.25, 0.3) is 0 Å². The van der Waals surface area contributed by atoms with Crippen LogP contribution in [0.2, 0.25) is 0 Å². The van der Waals surface area contributed by atoms with E-state index in [4.69, 9.17) is 23.7 Å². The van der Waals surface area contributed by atoms with Crippen LogP contribution in [-0.2, 0) is 39.0 Å². The third-order valence-electron chi connectivity index (χ3n) is 9.05. The number of imide groups is 1. The molecule has 14 heteroatoms. The van der Waals surface area contributed by atoms with Crippen LogP contribution in [0.4, 0.5) is 5.82 Å². The van der Waals surface area contributed by atoms with Gasteiger partial charge in [0.05, 0.1) is 20.8 Å². The molecule has 1 aromatic heterocycles. The molecule has 0 radical (unpaired) electrons. The van der Waals surface area contributed by atoms with Crippen molar-refractivity contribution in [2.45, 2.75) is 56.8 Å². The molecule has 52 heavy (non-hydrogen) atoms. The average molecular weight is 711 g/mol. The fraction of sp³-hybridized carbons (Fsp3) is 0.316. The quantitative estimate of drug-likeness (QED) is 0.130. The maximum atomic E-state index is 13.4. The first-order valence-electron chi connectivity index (χ1n) is 16.6. The van der Waals surface area contributed by atoms with Crippen LogP contribution in [0.15, 0.2) is 95.9 Å². The normalized spacial score (nSPS) is 20.1. The fourth-order valence-electron chi connectivity index (χ4n) is 6.76. The van der Waals surface area contributed by atoms with Gasteiger partial charge in [0.25, 0.3) is 0 Å². The van der Waals surface area contributed by atoms with Gasteiger partial charge < -0.3 is 29.0 Å². The minimum absolute atomic E-state index is 0.000306. The number of rotatable bonds is 12. The van der Waals surface area contributed by atoms with Crippen LogP contribution in [0, 0.1) is 0 Å². The minimum Gasteiger partial charge on any atom is -0.497 e. The number of esters is 1. The number of hydrogen-bond acceptors (Lipinski definition) is 11. The van der Waals surface area contributed by atoms with Gasteiger partial charge in [0, 0.05) is 32.9 Å². The third kappa shape index (κ3) is 7.02. The number of hydrogen-bond donors (Lipinski definition) is 1. The van der Waals surface area contributed by atoms with Crippen molar-refractivity contribution < 1.29 is 42.9 Å². The number of likely N-dealkylation sites (tertiary alicyclic amines) is 1. The lowest BCUT2D eigenvalue weighted by Gasteiger charge is -2.37. The molecule has 0 bridgehead atoms. The zero-order valence-electron chi connectivity index (χ0n) is 29.0. The number of methoxy groups -OCH3 is 2. The van der Waals surface area contributed by atoms with Crippen molar-refractivity contribution in [1.29, 1.82) is 0 Å². The van der Waals surface area contributed by atoms with E-state index in [-0.39, 0.29) is 25.3 Å². The lowest BCUT2D eigenvalue weighted by molar-refractivity contribution is -0.158. The van der Waals surface area contributed by atoms with Gasteiger partial charge in [0.1, 0.15) is 35.1 Å². The molecule has 4 atom stereocenters. The molecule has 3 aromatic carbocycles. The number of benzene rings is 3. The van der Waals surface area contributed by atoms with Crippen molar-refractivity contribution in [3.8, 4) is 11.5 Å². The van der Waals surface area contributed by atoms with Gasteiger partial charge >= 0.3 is 11.7 Å². The minimum atomic E-state index is -1.33. The van der Waals surface area contributed by atoms with E-state index in [1.807, 2.05) is 78.9 Å². The molecule has 0 spiro atoms. The van der Waals surface area contributed by atoms with Gasteiger partial charge in [-0.1, -0.05) is 54.6 Å². The molecule has 2 aliphatic heterocycles. The van der Waals surface area contributed by atoms with Gasteiger partial charge in [0.2, 0.25) is 17.7 Å². The fourth-order valence-corrected chi connectivity index (χ4v) is 6.76. The molecule has 0 aliphatic carbocycles. The van der Waals surface area contributed by atoms with Crippen molar-refractivity contribution >= 4 is 29.5 Å². The van der Waals surface area contributed by atoms with E-state index < -0.39 is 59.5 Å². The molecular weight excluding hydrogens is 672 g/mol. The summed E-state index contributed by atoms with van der Waals surface area (Å²) in [4.78, 5) is 69.1. The number of aromatic nitrogens is 2. The summed E-state index contributed by atoms with van der Waals surface area (Å²) in [5.74, 6) is -0.890. The van der Waals surface area contributed by atoms with Crippen molar-refractivity contribution in [3.05, 3.63) is 118 Å². The molecule has 6 rings (SSSR count). The topological polar surface area (TPSA) is 165 Å². The first kappa shape index (κ1) is 35.9. The number of carbonyl (C=O) groups excluding carboxylic acids is 4. The van der Waals surface area contributed by atoms with Crippen molar-refractivity contribution in [2.24, 2.45) is 0 Å². The van der Waals surface area contributed by atoms with E-state index in [0.717, 1.165) is 26.2 Å². The van der Waals surface area contributed by atoms with Gasteiger partial charge in [-0.25, -0.2) is 4.79 Å². The highest BCUT2D eigenvalue weighted by Crippen LogP contribution is 2.44. The van der Waals surface area contributed by atoms with E-state index in [1.54, 1.807) is 14.2 Å². The molecule has 4 aromatic rings. The number of amides is 3. The Balaban J connectivity index is 1.48. The number of anilines is 1. The van der Waals surface area contributed by atoms with Gasteiger partial charge in [-0.3, -0.25) is 28.6 Å². The van der Waals surface area contributed by atoms with Gasteiger partial charge in [-0.05, 0) is 47.0 Å². The molecule has 0 unspecified atom stereocenters. The van der Waals surface area contributed by atoms with E-state index in [2.05, 4.69) is 10.3 Å². The lowest BCUT2D eigenvalue weighted by atomic mass is 9.80. The Bertz CT molecular complexity index is 1940. The molecule has 2 fully saturated rings. The maximum Gasteiger partial charge on any atom is 0.351 e. The highest BCUT2D eigenvalue weighted by atomic mass is 16.6. The summed E-state index contributed by atoms with van der Waals surface area (Å²) < 4.78 is 31.4. The van der Waals surface area contributed by atoms with Crippen molar-refractivity contribution in [1.82, 2.24) is 14.5 Å². The molecule has 3 amide bonds. The molecule has 3 heterocycles. The number of ether oxygens (including phenoxy) is 5. The molecule has 270 valence electrons. The van der Waals surface area contributed by atoms with Crippen LogP contribution in [-0.4, -0.2) is 77.2 Å². The predicted octanol–water partition coefficient (Wildman–Crippen LogP) is 3.57. The van der Waals surface area contributed by atoms with Gasteiger partial charge in [-0.2, -0.15) is 4.98 Å². The van der Waals surface area contributed by atoms with Crippen LogP contribution in [0.5, 0.6) is 11.5 Å². The first-order chi connectivity index (χ1) is 25.0. The average Bonchev–Trinajstić information content (AvgIpc) is 3.65. The first-order valence-corrected chi connectivity index (χ1v) is 16.6. The Labute approximate surface area is 299 Å². The third-order valence-corrected chi connectivity index (χ3v) is 9.05. The zero-order chi connectivity index (χ0) is 37.0.